The monoisotopic (exact) mass is 444 g/mol. The maximum atomic E-state index is 12.9. The van der Waals surface area contributed by atoms with Crippen LogP contribution < -0.4 is 10.2 Å². The number of nitrogens with zero attached hydrogens (tertiary/aromatic N) is 3. The summed E-state index contributed by atoms with van der Waals surface area (Å²) in [6, 6.07) is 18.8. The average Bonchev–Trinajstić information content (AvgIpc) is 3.23. The van der Waals surface area contributed by atoms with Crippen LogP contribution in [-0.4, -0.2) is 28.5 Å². The van der Waals surface area contributed by atoms with E-state index in [2.05, 4.69) is 58.1 Å². The molecular weight excluding hydrogens is 408 g/mol. The predicted octanol–water partition coefficient (Wildman–Crippen LogP) is 5.71. The number of fused-ring (bicyclic) bond motifs is 1. The Balaban J connectivity index is 1.26. The van der Waals surface area contributed by atoms with E-state index < -0.39 is 0 Å². The number of carbonyl (C=O) groups excluding carboxylic acids is 1. The number of rotatable bonds is 6. The number of aromatic nitrogens is 2. The summed E-state index contributed by atoms with van der Waals surface area (Å²) in [6.07, 6.45) is 8.50. The summed E-state index contributed by atoms with van der Waals surface area (Å²) in [6.45, 7) is 4.89. The second kappa shape index (κ2) is 9.98. The van der Waals surface area contributed by atoms with Gasteiger partial charge in [-0.2, -0.15) is 0 Å². The highest BCUT2D eigenvalue weighted by atomic mass is 16.1. The average molecular weight is 445 g/mol. The molecule has 2 heterocycles. The van der Waals surface area contributed by atoms with Crippen LogP contribution in [0, 0.1) is 11.8 Å². The number of anilines is 1. The molecule has 5 heteroatoms. The molecule has 2 aliphatic rings. The largest absolute Gasteiger partial charge is 0.349 e. The Morgan fingerprint density at radius 3 is 2.42 bits per heavy atom. The lowest BCUT2D eigenvalue weighted by Gasteiger charge is -2.33. The van der Waals surface area contributed by atoms with Crippen LogP contribution in [0.3, 0.4) is 0 Å². The van der Waals surface area contributed by atoms with Crippen LogP contribution in [0.5, 0.6) is 0 Å². The molecule has 5 rings (SSSR count). The van der Waals surface area contributed by atoms with Crippen molar-refractivity contribution in [3.05, 3.63) is 60.2 Å². The van der Waals surface area contributed by atoms with E-state index in [-0.39, 0.29) is 17.9 Å². The number of para-hydroxylation sites is 2. The summed E-state index contributed by atoms with van der Waals surface area (Å²) in [4.78, 5) is 20.4. The van der Waals surface area contributed by atoms with E-state index in [1.165, 1.54) is 37.6 Å². The Hall–Kier alpha value is -2.82. The number of hydrogen-bond acceptors (Lipinski definition) is 3. The maximum absolute atomic E-state index is 12.9. The van der Waals surface area contributed by atoms with E-state index >= 15 is 0 Å². The van der Waals surface area contributed by atoms with Gasteiger partial charge in [-0.15, -0.1) is 0 Å². The van der Waals surface area contributed by atoms with Crippen LogP contribution in [0.15, 0.2) is 54.6 Å². The number of benzene rings is 2. The SMILES string of the molecule is C[C@@H](NC(=O)C1CCN(c2nc3ccccc3n2CC2CCCCC2)CC1)c1ccccc1. The molecule has 1 saturated carbocycles. The van der Waals surface area contributed by atoms with E-state index in [9.17, 15) is 4.79 Å². The molecule has 3 aromatic rings. The highest BCUT2D eigenvalue weighted by Crippen LogP contribution is 2.31. The van der Waals surface area contributed by atoms with E-state index in [1.807, 2.05) is 18.2 Å². The molecule has 0 bridgehead atoms. The van der Waals surface area contributed by atoms with Crippen LogP contribution in [0.4, 0.5) is 5.95 Å². The fraction of sp³-hybridized carbons (Fsp3) is 0.500. The quantitative estimate of drug-likeness (QED) is 0.530. The highest BCUT2D eigenvalue weighted by Gasteiger charge is 2.29. The summed E-state index contributed by atoms with van der Waals surface area (Å²) < 4.78 is 2.46. The molecule has 0 spiro atoms. The highest BCUT2D eigenvalue weighted by molar-refractivity contribution is 5.80. The Morgan fingerprint density at radius 2 is 1.67 bits per heavy atom. The van der Waals surface area contributed by atoms with Crippen LogP contribution >= 0.6 is 0 Å². The van der Waals surface area contributed by atoms with Gasteiger partial charge in [0.15, 0.2) is 0 Å². The molecule has 0 radical (unpaired) electrons. The normalized spacial score (nSPS) is 19.0. The van der Waals surface area contributed by atoms with Gasteiger partial charge in [-0.3, -0.25) is 4.79 Å². The van der Waals surface area contributed by atoms with E-state index in [0.29, 0.717) is 0 Å². The van der Waals surface area contributed by atoms with Crippen LogP contribution in [0.1, 0.15) is 63.5 Å². The molecule has 1 saturated heterocycles. The maximum Gasteiger partial charge on any atom is 0.223 e. The zero-order chi connectivity index (χ0) is 22.6. The zero-order valence-electron chi connectivity index (χ0n) is 19.7. The fourth-order valence-corrected chi connectivity index (χ4v) is 5.61. The summed E-state index contributed by atoms with van der Waals surface area (Å²) in [5, 5.41) is 3.23. The molecule has 1 aromatic heterocycles. The van der Waals surface area contributed by atoms with Gasteiger partial charge in [0.1, 0.15) is 0 Å². The van der Waals surface area contributed by atoms with Crippen molar-refractivity contribution < 1.29 is 4.79 Å². The van der Waals surface area contributed by atoms with Crippen molar-refractivity contribution in [2.24, 2.45) is 11.8 Å². The van der Waals surface area contributed by atoms with Crippen LogP contribution in [-0.2, 0) is 11.3 Å². The molecule has 5 nitrogen and oxygen atoms in total. The number of imidazole rings is 1. The first-order valence-electron chi connectivity index (χ1n) is 12.7. The van der Waals surface area contributed by atoms with Crippen LogP contribution in [0.25, 0.3) is 11.0 Å². The lowest BCUT2D eigenvalue weighted by molar-refractivity contribution is -0.126. The first kappa shape index (κ1) is 22.0. The van der Waals surface area contributed by atoms with Crippen molar-refractivity contribution in [1.82, 2.24) is 14.9 Å². The Kier molecular flexibility index (Phi) is 6.65. The second-order valence-electron chi connectivity index (χ2n) is 9.92. The zero-order valence-corrected chi connectivity index (χ0v) is 19.7. The first-order valence-corrected chi connectivity index (χ1v) is 12.7. The third-order valence-electron chi connectivity index (χ3n) is 7.61. The van der Waals surface area contributed by atoms with Gasteiger partial charge < -0.3 is 14.8 Å². The Bertz CT molecular complexity index is 1060. The van der Waals surface area contributed by atoms with Gasteiger partial charge in [0.05, 0.1) is 17.1 Å². The topological polar surface area (TPSA) is 50.2 Å². The molecule has 2 fully saturated rings. The smallest absolute Gasteiger partial charge is 0.223 e. The Morgan fingerprint density at radius 1 is 0.970 bits per heavy atom. The molecule has 1 atom stereocenters. The van der Waals surface area contributed by atoms with Gasteiger partial charge in [-0.1, -0.05) is 61.7 Å². The minimum Gasteiger partial charge on any atom is -0.349 e. The third-order valence-corrected chi connectivity index (χ3v) is 7.61. The van der Waals surface area contributed by atoms with E-state index in [0.717, 1.165) is 55.4 Å². The van der Waals surface area contributed by atoms with Crippen molar-refractivity contribution in [1.29, 1.82) is 0 Å². The standard InChI is InChI=1S/C28H36N4O/c1-21(23-12-6-3-7-13-23)29-27(33)24-16-18-31(19-17-24)28-30-25-14-8-9-15-26(25)32(28)20-22-10-4-2-5-11-22/h3,6-9,12-15,21-22,24H,2,4-5,10-11,16-20H2,1H3,(H,29,33)/t21-/m1/s1. The predicted molar refractivity (Wildman–Crippen MR) is 134 cm³/mol. The number of carbonyl (C=O) groups is 1. The summed E-state index contributed by atoms with van der Waals surface area (Å²) >= 11 is 0. The first-order chi connectivity index (χ1) is 16.2. The van der Waals surface area contributed by atoms with Gasteiger partial charge in [-0.25, -0.2) is 4.98 Å². The summed E-state index contributed by atoms with van der Waals surface area (Å²) in [5.41, 5.74) is 3.48. The summed E-state index contributed by atoms with van der Waals surface area (Å²) in [5.74, 6) is 2.10. The van der Waals surface area contributed by atoms with Crippen molar-refractivity contribution >= 4 is 22.9 Å². The molecular formula is C28H36N4O. The number of piperidine rings is 1. The van der Waals surface area contributed by atoms with Gasteiger partial charge in [0.2, 0.25) is 11.9 Å². The van der Waals surface area contributed by atoms with Crippen molar-refractivity contribution in [3.63, 3.8) is 0 Å². The Labute approximate surface area is 197 Å². The van der Waals surface area contributed by atoms with Crippen LogP contribution in [0.2, 0.25) is 0 Å². The lowest BCUT2D eigenvalue weighted by Crippen LogP contribution is -2.42. The number of nitrogens with one attached hydrogen (secondary N) is 1. The lowest BCUT2D eigenvalue weighted by atomic mass is 9.89. The number of hydrogen-bond donors (Lipinski definition) is 1. The molecule has 174 valence electrons. The van der Waals surface area contributed by atoms with Crippen molar-refractivity contribution in [2.75, 3.05) is 18.0 Å². The molecule has 1 aliphatic heterocycles. The minimum atomic E-state index is 0.0384. The van der Waals surface area contributed by atoms with Gasteiger partial charge in [0.25, 0.3) is 0 Å². The molecule has 2 aromatic carbocycles. The second-order valence-corrected chi connectivity index (χ2v) is 9.92. The van der Waals surface area contributed by atoms with Gasteiger partial charge in [0, 0.05) is 25.6 Å². The third kappa shape index (κ3) is 4.92. The van der Waals surface area contributed by atoms with Gasteiger partial charge in [-0.05, 0) is 56.2 Å². The van der Waals surface area contributed by atoms with E-state index in [1.54, 1.807) is 0 Å². The molecule has 1 N–H and O–H groups in total. The molecule has 0 unspecified atom stereocenters. The van der Waals surface area contributed by atoms with E-state index in [4.69, 9.17) is 4.98 Å². The molecule has 1 amide bonds. The molecule has 33 heavy (non-hydrogen) atoms. The van der Waals surface area contributed by atoms with Crippen molar-refractivity contribution in [3.8, 4) is 0 Å². The molecule has 1 aliphatic carbocycles. The van der Waals surface area contributed by atoms with Gasteiger partial charge >= 0.3 is 0 Å². The van der Waals surface area contributed by atoms with Crippen molar-refractivity contribution in [2.45, 2.75) is 64.5 Å². The number of amides is 1. The summed E-state index contributed by atoms with van der Waals surface area (Å²) in [7, 11) is 0. The minimum absolute atomic E-state index is 0.0384. The fourth-order valence-electron chi connectivity index (χ4n) is 5.61.